The van der Waals surface area contributed by atoms with Crippen LogP contribution in [0.4, 0.5) is 17.1 Å². The van der Waals surface area contributed by atoms with Crippen molar-refractivity contribution in [3.8, 4) is 11.8 Å². The minimum Gasteiger partial charge on any atom is -0.496 e. The first-order valence-electron chi connectivity index (χ1n) is 20.4. The Kier molecular flexibility index (Phi) is 10.2. The number of piperidine rings is 3. The fourth-order valence-corrected chi connectivity index (χ4v) is 10.1. The van der Waals surface area contributed by atoms with Crippen molar-refractivity contribution in [2.45, 2.75) is 57.0 Å². The van der Waals surface area contributed by atoms with E-state index >= 15 is 0 Å². The number of benzene rings is 3. The number of aromatic nitrogens is 1. The van der Waals surface area contributed by atoms with E-state index in [1.54, 1.807) is 18.2 Å². The summed E-state index contributed by atoms with van der Waals surface area (Å²) in [6.45, 7) is 9.31. The first-order valence-corrected chi connectivity index (χ1v) is 20.8. The van der Waals surface area contributed by atoms with Crippen LogP contribution in [0.25, 0.3) is 10.9 Å². The normalized spacial score (nSPS) is 21.3. The highest BCUT2D eigenvalue weighted by molar-refractivity contribution is 6.36. The summed E-state index contributed by atoms with van der Waals surface area (Å²) in [4.78, 5) is 52.5. The first kappa shape index (κ1) is 37.3. The lowest BCUT2D eigenvalue weighted by molar-refractivity contribution is -0.136. The number of imide groups is 1. The minimum atomic E-state index is -0.646. The molecular formula is C44H49ClN8O4. The summed E-state index contributed by atoms with van der Waals surface area (Å²) in [5.41, 5.74) is 7.83. The van der Waals surface area contributed by atoms with Gasteiger partial charge in [0.15, 0.2) is 0 Å². The zero-order chi connectivity index (χ0) is 39.2. The van der Waals surface area contributed by atoms with Gasteiger partial charge in [-0.2, -0.15) is 5.26 Å². The van der Waals surface area contributed by atoms with Gasteiger partial charge in [0.25, 0.3) is 5.91 Å². The summed E-state index contributed by atoms with van der Waals surface area (Å²) in [6.07, 6.45) is 6.88. The number of nitrogens with one attached hydrogen (secondary N) is 2. The molecule has 1 aromatic heterocycles. The molecule has 2 N–H and O–H groups in total. The van der Waals surface area contributed by atoms with E-state index in [-0.39, 0.29) is 18.2 Å². The molecule has 0 aliphatic carbocycles. The van der Waals surface area contributed by atoms with E-state index < -0.39 is 11.9 Å². The molecule has 5 aliphatic rings. The standard InChI is InChI=1S/C44H49ClN8O4/c1-57-38-23-34(22-31-27-53(44(56)41(31)38)37-8-9-39(54)48-43(37)55)51-20-18-49(19-21-51)26-28-10-14-50(15-11-28)33-4-2-29(3-5-33)30-12-16-52(17-13-30)36-7-6-35(45)40-32(24-46)25-47-42(36)40/h2-7,22-23,25,28,30,37,47H,8-21,26-27H2,1H3,(H,48,54,55). The summed E-state index contributed by atoms with van der Waals surface area (Å²) in [7, 11) is 1.59. The summed E-state index contributed by atoms with van der Waals surface area (Å²) >= 11 is 6.46. The predicted molar refractivity (Wildman–Crippen MR) is 221 cm³/mol. The third kappa shape index (κ3) is 7.16. The number of halogens is 1. The van der Waals surface area contributed by atoms with Crippen LogP contribution in [-0.2, 0) is 16.1 Å². The number of carbonyl (C=O) groups is 3. The van der Waals surface area contributed by atoms with E-state index in [1.165, 1.54) is 24.1 Å². The van der Waals surface area contributed by atoms with Gasteiger partial charge >= 0.3 is 0 Å². The Morgan fingerprint density at radius 1 is 0.842 bits per heavy atom. The molecule has 57 heavy (non-hydrogen) atoms. The molecule has 3 amide bonds. The lowest BCUT2D eigenvalue weighted by atomic mass is 9.89. The van der Waals surface area contributed by atoms with Crippen LogP contribution >= 0.6 is 11.6 Å². The molecule has 4 fully saturated rings. The smallest absolute Gasteiger partial charge is 0.258 e. The number of aromatic amines is 1. The van der Waals surface area contributed by atoms with Gasteiger partial charge in [-0.3, -0.25) is 24.6 Å². The van der Waals surface area contributed by atoms with Crippen LogP contribution in [0.2, 0.25) is 5.02 Å². The van der Waals surface area contributed by atoms with Crippen molar-refractivity contribution in [3.63, 3.8) is 0 Å². The molecule has 0 saturated carbocycles. The maximum Gasteiger partial charge on any atom is 0.258 e. The number of carbonyl (C=O) groups excluding carboxylic acids is 3. The minimum absolute atomic E-state index is 0.213. The summed E-state index contributed by atoms with van der Waals surface area (Å²) in [5, 5.41) is 13.3. The van der Waals surface area contributed by atoms with E-state index in [1.807, 2.05) is 12.1 Å². The number of amides is 3. The predicted octanol–water partition coefficient (Wildman–Crippen LogP) is 5.89. The number of methoxy groups -OCH3 is 1. The number of nitriles is 1. The van der Waals surface area contributed by atoms with Gasteiger partial charge in [0.2, 0.25) is 11.8 Å². The fraction of sp³-hybridized carbons (Fsp3) is 0.455. The van der Waals surface area contributed by atoms with E-state index in [2.05, 4.69) is 72.4 Å². The highest BCUT2D eigenvalue weighted by Gasteiger charge is 2.41. The lowest BCUT2D eigenvalue weighted by Crippen LogP contribution is -2.52. The second-order valence-corrected chi connectivity index (χ2v) is 16.7. The quantitative estimate of drug-likeness (QED) is 0.210. The van der Waals surface area contributed by atoms with Crippen LogP contribution in [0.1, 0.15) is 71.5 Å². The van der Waals surface area contributed by atoms with Gasteiger partial charge in [-0.1, -0.05) is 23.7 Å². The molecule has 0 bridgehead atoms. The van der Waals surface area contributed by atoms with Crippen LogP contribution in [0.5, 0.6) is 5.75 Å². The topological polar surface area (TPSA) is 128 Å². The number of piperazine rings is 1. The number of rotatable bonds is 8. The van der Waals surface area contributed by atoms with Gasteiger partial charge in [-0.15, -0.1) is 0 Å². The van der Waals surface area contributed by atoms with Crippen molar-refractivity contribution >= 4 is 57.3 Å². The number of fused-ring (bicyclic) bond motifs is 2. The maximum absolute atomic E-state index is 13.4. The van der Waals surface area contributed by atoms with Crippen LogP contribution < -0.4 is 24.8 Å². The third-order valence-electron chi connectivity index (χ3n) is 13.1. The zero-order valence-corrected chi connectivity index (χ0v) is 33.2. The SMILES string of the molecule is COc1cc(N2CCN(CC3CCN(c4ccc(C5CCN(c6ccc(Cl)c7c(C#N)c[nH]c67)CC5)cc4)CC3)CC2)cc2c1C(=O)N(C1CCC(=O)NC1=O)C2. The number of ether oxygens (including phenoxy) is 1. The molecule has 12 nitrogen and oxygen atoms in total. The number of nitrogens with zero attached hydrogens (tertiary/aromatic N) is 6. The van der Waals surface area contributed by atoms with Crippen molar-refractivity contribution in [1.29, 1.82) is 5.26 Å². The molecular weight excluding hydrogens is 740 g/mol. The molecule has 1 atom stereocenters. The molecule has 0 radical (unpaired) electrons. The monoisotopic (exact) mass is 788 g/mol. The second kappa shape index (κ2) is 15.6. The molecule has 4 saturated heterocycles. The van der Waals surface area contributed by atoms with E-state index in [0.29, 0.717) is 46.7 Å². The fourth-order valence-electron chi connectivity index (χ4n) is 9.88. The summed E-state index contributed by atoms with van der Waals surface area (Å²) in [6, 6.07) is 19.0. The van der Waals surface area contributed by atoms with Gasteiger partial charge in [-0.25, -0.2) is 0 Å². The molecule has 6 heterocycles. The molecule has 0 spiro atoms. The van der Waals surface area contributed by atoms with Crippen LogP contribution in [-0.4, -0.2) is 105 Å². The number of hydrogen-bond donors (Lipinski definition) is 2. The van der Waals surface area contributed by atoms with Crippen LogP contribution in [0.3, 0.4) is 0 Å². The van der Waals surface area contributed by atoms with Gasteiger partial charge in [0.05, 0.1) is 34.5 Å². The first-order chi connectivity index (χ1) is 27.8. The highest BCUT2D eigenvalue weighted by atomic mass is 35.5. The van der Waals surface area contributed by atoms with Crippen molar-refractivity contribution in [2.24, 2.45) is 5.92 Å². The largest absolute Gasteiger partial charge is 0.496 e. The van der Waals surface area contributed by atoms with Crippen molar-refractivity contribution in [1.82, 2.24) is 20.1 Å². The van der Waals surface area contributed by atoms with Crippen LogP contribution in [0, 0.1) is 17.2 Å². The Morgan fingerprint density at radius 2 is 1.56 bits per heavy atom. The zero-order valence-electron chi connectivity index (χ0n) is 32.4. The molecule has 5 aliphatic heterocycles. The van der Waals surface area contributed by atoms with E-state index in [9.17, 15) is 19.6 Å². The Hall–Kier alpha value is -5.25. The number of H-pyrrole nitrogens is 1. The van der Waals surface area contributed by atoms with Gasteiger partial charge in [0.1, 0.15) is 17.9 Å². The Balaban J connectivity index is 0.740. The molecule has 4 aromatic rings. The Labute approximate surface area is 338 Å². The molecule has 1 unspecified atom stereocenters. The highest BCUT2D eigenvalue weighted by Crippen LogP contribution is 2.39. The van der Waals surface area contributed by atoms with E-state index in [0.717, 1.165) is 99.6 Å². The van der Waals surface area contributed by atoms with Gasteiger partial charge < -0.3 is 29.3 Å². The van der Waals surface area contributed by atoms with E-state index in [4.69, 9.17) is 16.3 Å². The number of anilines is 3. The maximum atomic E-state index is 13.4. The second-order valence-electron chi connectivity index (χ2n) is 16.3. The third-order valence-corrected chi connectivity index (χ3v) is 13.4. The molecule has 13 heteroatoms. The van der Waals surface area contributed by atoms with Gasteiger partial charge in [0, 0.05) is 101 Å². The Morgan fingerprint density at radius 3 is 2.26 bits per heavy atom. The summed E-state index contributed by atoms with van der Waals surface area (Å²) in [5.74, 6) is 0.850. The van der Waals surface area contributed by atoms with Crippen molar-refractivity contribution < 1.29 is 19.1 Å². The van der Waals surface area contributed by atoms with Crippen molar-refractivity contribution in [2.75, 3.05) is 80.7 Å². The van der Waals surface area contributed by atoms with Gasteiger partial charge in [-0.05, 0) is 85.4 Å². The average molecular weight is 789 g/mol. The molecule has 3 aromatic carbocycles. The average Bonchev–Trinajstić information content (AvgIpc) is 3.83. The Bertz CT molecular complexity index is 2230. The summed E-state index contributed by atoms with van der Waals surface area (Å²) < 4.78 is 5.71. The van der Waals surface area contributed by atoms with Crippen LogP contribution in [0.15, 0.2) is 54.7 Å². The molecule has 9 rings (SSSR count). The number of hydrogen-bond acceptors (Lipinski definition) is 9. The van der Waals surface area contributed by atoms with Crippen molar-refractivity contribution in [3.05, 3.63) is 82.0 Å². The lowest BCUT2D eigenvalue weighted by Gasteiger charge is -2.40. The molecule has 296 valence electrons.